The number of fused-ring (bicyclic) bond motifs is 1. The van der Waals surface area contributed by atoms with Gasteiger partial charge in [0.2, 0.25) is 0 Å². The molecule has 2 aliphatic rings. The van der Waals surface area contributed by atoms with E-state index in [9.17, 15) is 0 Å². The summed E-state index contributed by atoms with van der Waals surface area (Å²) in [6, 6.07) is 13.6. The molecule has 32 heavy (non-hydrogen) atoms. The topological polar surface area (TPSA) is 73.5 Å². The van der Waals surface area contributed by atoms with Crippen LogP contribution in [0.2, 0.25) is 0 Å². The van der Waals surface area contributed by atoms with E-state index < -0.39 is 0 Å². The van der Waals surface area contributed by atoms with E-state index in [-0.39, 0.29) is 0 Å². The van der Waals surface area contributed by atoms with Gasteiger partial charge in [-0.05, 0) is 83.3 Å². The first-order valence-electron chi connectivity index (χ1n) is 11.9. The first kappa shape index (κ1) is 19.7. The summed E-state index contributed by atoms with van der Waals surface area (Å²) in [5.41, 5.74) is 8.35. The SMILES string of the molecule is CCN1CC(Cc2c(C3CC3)cc(C)c3[nH]ccc23)[C@H](c2ccc(-c3nnn[nH]3)cc2)C1. The Bertz CT molecular complexity index is 1220. The monoisotopic (exact) mass is 426 g/mol. The maximum atomic E-state index is 4.04. The minimum Gasteiger partial charge on any atom is -0.361 e. The molecule has 0 spiro atoms. The molecule has 2 atom stereocenters. The number of tetrazole rings is 1. The summed E-state index contributed by atoms with van der Waals surface area (Å²) in [7, 11) is 0. The van der Waals surface area contributed by atoms with Crippen molar-refractivity contribution in [1.82, 2.24) is 30.5 Å². The van der Waals surface area contributed by atoms with Gasteiger partial charge >= 0.3 is 0 Å². The van der Waals surface area contributed by atoms with Crippen LogP contribution in [0.5, 0.6) is 0 Å². The van der Waals surface area contributed by atoms with Gasteiger partial charge < -0.3 is 9.88 Å². The number of H-pyrrole nitrogens is 2. The Morgan fingerprint density at radius 2 is 1.94 bits per heavy atom. The minimum atomic E-state index is 0.541. The second-order valence-electron chi connectivity index (χ2n) is 9.60. The number of nitrogens with zero attached hydrogens (tertiary/aromatic N) is 4. The molecule has 2 fully saturated rings. The number of nitrogens with one attached hydrogen (secondary N) is 2. The molecule has 164 valence electrons. The molecule has 1 aliphatic heterocycles. The molecule has 4 aromatic rings. The Hall–Kier alpha value is -2.99. The summed E-state index contributed by atoms with van der Waals surface area (Å²) in [4.78, 5) is 6.11. The largest absolute Gasteiger partial charge is 0.361 e. The van der Waals surface area contributed by atoms with Crippen molar-refractivity contribution < 1.29 is 0 Å². The van der Waals surface area contributed by atoms with Crippen molar-refractivity contribution in [2.75, 3.05) is 19.6 Å². The van der Waals surface area contributed by atoms with Crippen molar-refractivity contribution in [3.63, 3.8) is 0 Å². The fourth-order valence-electron chi connectivity index (χ4n) is 5.72. The number of benzene rings is 2. The molecule has 1 aliphatic carbocycles. The van der Waals surface area contributed by atoms with E-state index in [1.807, 2.05) is 0 Å². The van der Waals surface area contributed by atoms with E-state index in [2.05, 4.69) is 87.0 Å². The molecule has 6 rings (SSSR count). The zero-order valence-corrected chi connectivity index (χ0v) is 18.8. The zero-order chi connectivity index (χ0) is 21.7. The average molecular weight is 427 g/mol. The highest BCUT2D eigenvalue weighted by atomic mass is 15.5. The molecule has 6 heteroatoms. The van der Waals surface area contributed by atoms with Gasteiger partial charge in [0.25, 0.3) is 0 Å². The lowest BCUT2D eigenvalue weighted by molar-refractivity contribution is 0.341. The molecule has 6 nitrogen and oxygen atoms in total. The number of rotatable bonds is 6. The fraction of sp³-hybridized carbons (Fsp3) is 0.423. The average Bonchev–Trinajstić information content (AvgIpc) is 3.22. The Morgan fingerprint density at radius 1 is 1.09 bits per heavy atom. The van der Waals surface area contributed by atoms with Crippen LogP contribution in [-0.2, 0) is 6.42 Å². The zero-order valence-electron chi connectivity index (χ0n) is 18.8. The van der Waals surface area contributed by atoms with E-state index in [1.165, 1.54) is 41.4 Å². The number of likely N-dealkylation sites (N-methyl/N-ethyl adjacent to an activating group) is 1. The molecule has 1 saturated heterocycles. The highest BCUT2D eigenvalue weighted by Crippen LogP contribution is 2.46. The van der Waals surface area contributed by atoms with Crippen molar-refractivity contribution in [1.29, 1.82) is 0 Å². The summed E-state index contributed by atoms with van der Waals surface area (Å²) in [5.74, 6) is 2.64. The first-order chi connectivity index (χ1) is 15.7. The van der Waals surface area contributed by atoms with E-state index in [0.717, 1.165) is 36.8 Å². The first-order valence-corrected chi connectivity index (χ1v) is 11.9. The van der Waals surface area contributed by atoms with Crippen LogP contribution in [-0.4, -0.2) is 50.1 Å². The van der Waals surface area contributed by atoms with Gasteiger partial charge in [0.15, 0.2) is 5.82 Å². The Kier molecular flexibility index (Phi) is 4.83. The number of hydrogen-bond donors (Lipinski definition) is 2. The van der Waals surface area contributed by atoms with E-state index >= 15 is 0 Å². The predicted octanol–water partition coefficient (Wildman–Crippen LogP) is 4.81. The van der Waals surface area contributed by atoms with Crippen LogP contribution >= 0.6 is 0 Å². The fourth-order valence-corrected chi connectivity index (χ4v) is 5.72. The molecule has 2 aromatic carbocycles. The van der Waals surface area contributed by atoms with E-state index in [1.54, 1.807) is 11.1 Å². The van der Waals surface area contributed by atoms with Crippen LogP contribution in [0.15, 0.2) is 42.6 Å². The van der Waals surface area contributed by atoms with Crippen LogP contribution < -0.4 is 0 Å². The number of hydrogen-bond acceptors (Lipinski definition) is 4. The van der Waals surface area contributed by atoms with E-state index in [4.69, 9.17) is 0 Å². The van der Waals surface area contributed by atoms with Crippen molar-refractivity contribution in [3.8, 4) is 11.4 Å². The van der Waals surface area contributed by atoms with Crippen molar-refractivity contribution in [3.05, 3.63) is 64.8 Å². The molecule has 0 bridgehead atoms. The Labute approximate surface area is 188 Å². The molecule has 3 heterocycles. The van der Waals surface area contributed by atoms with Gasteiger partial charge in [0.1, 0.15) is 0 Å². The third-order valence-electron chi connectivity index (χ3n) is 7.59. The van der Waals surface area contributed by atoms with Crippen molar-refractivity contribution >= 4 is 10.9 Å². The number of aryl methyl sites for hydroxylation is 1. The lowest BCUT2D eigenvalue weighted by Crippen LogP contribution is -2.20. The quantitative estimate of drug-likeness (QED) is 0.464. The van der Waals surface area contributed by atoms with Crippen LogP contribution in [0.1, 0.15) is 53.9 Å². The summed E-state index contributed by atoms with van der Waals surface area (Å²) < 4.78 is 0. The summed E-state index contributed by atoms with van der Waals surface area (Å²) in [5, 5.41) is 15.7. The van der Waals surface area contributed by atoms with Gasteiger partial charge in [0.05, 0.1) is 0 Å². The van der Waals surface area contributed by atoms with Gasteiger partial charge in [-0.1, -0.05) is 37.3 Å². The van der Waals surface area contributed by atoms with Gasteiger partial charge in [-0.15, -0.1) is 5.10 Å². The maximum absolute atomic E-state index is 4.04. The molecular formula is C26H30N6. The van der Waals surface area contributed by atoms with Gasteiger partial charge in [-0.2, -0.15) is 0 Å². The Morgan fingerprint density at radius 3 is 2.66 bits per heavy atom. The summed E-state index contributed by atoms with van der Waals surface area (Å²) >= 11 is 0. The number of aromatic nitrogens is 5. The smallest absolute Gasteiger partial charge is 0.179 e. The molecule has 1 saturated carbocycles. The third-order valence-corrected chi connectivity index (χ3v) is 7.59. The lowest BCUT2D eigenvalue weighted by atomic mass is 9.82. The molecule has 0 radical (unpaired) electrons. The van der Waals surface area contributed by atoms with Crippen LogP contribution in [0.3, 0.4) is 0 Å². The number of likely N-dealkylation sites (tertiary alicyclic amines) is 1. The second-order valence-corrected chi connectivity index (χ2v) is 9.60. The van der Waals surface area contributed by atoms with Gasteiger partial charge in [-0.3, -0.25) is 0 Å². The van der Waals surface area contributed by atoms with E-state index in [0.29, 0.717) is 11.8 Å². The predicted molar refractivity (Wildman–Crippen MR) is 127 cm³/mol. The molecule has 2 aromatic heterocycles. The third kappa shape index (κ3) is 3.43. The standard InChI is InChI=1S/C26H30N6/c1-3-32-14-20(24(15-32)18-6-8-19(9-7-18)26-28-30-31-29-26)13-23-21-10-11-27-25(21)16(2)12-22(23)17-4-5-17/h6-12,17,20,24,27H,3-5,13-15H2,1-2H3,(H,28,29,30,31)/t20?,24-/m0/s1. The van der Waals surface area contributed by atoms with Crippen LogP contribution in [0.25, 0.3) is 22.3 Å². The Balaban J connectivity index is 1.34. The molecular weight excluding hydrogens is 396 g/mol. The lowest BCUT2D eigenvalue weighted by Gasteiger charge is -2.22. The highest BCUT2D eigenvalue weighted by Gasteiger charge is 2.35. The summed E-state index contributed by atoms with van der Waals surface area (Å²) in [6.07, 6.45) is 5.94. The van der Waals surface area contributed by atoms with Crippen LogP contribution in [0, 0.1) is 12.8 Å². The van der Waals surface area contributed by atoms with Gasteiger partial charge in [0, 0.05) is 41.7 Å². The van der Waals surface area contributed by atoms with Gasteiger partial charge in [-0.25, -0.2) is 5.10 Å². The van der Waals surface area contributed by atoms with Crippen molar-refractivity contribution in [2.24, 2.45) is 5.92 Å². The molecule has 2 N–H and O–H groups in total. The van der Waals surface area contributed by atoms with Crippen molar-refractivity contribution in [2.45, 2.75) is 44.9 Å². The van der Waals surface area contributed by atoms with Crippen LogP contribution in [0.4, 0.5) is 0 Å². The molecule has 0 amide bonds. The molecule has 1 unspecified atom stereocenters. The number of aromatic amines is 2. The second kappa shape index (κ2) is 7.85. The summed E-state index contributed by atoms with van der Waals surface area (Å²) in [6.45, 7) is 7.94. The maximum Gasteiger partial charge on any atom is 0.179 e. The normalized spacial score (nSPS) is 21.6. The minimum absolute atomic E-state index is 0.541. The highest BCUT2D eigenvalue weighted by molar-refractivity contribution is 5.87.